The quantitative estimate of drug-likeness (QED) is 0.147. The molecule has 0 fully saturated rings. The van der Waals surface area contributed by atoms with Crippen LogP contribution in [0.25, 0.3) is 0 Å². The fourth-order valence-corrected chi connectivity index (χ4v) is 4.51. The van der Waals surface area contributed by atoms with Crippen molar-refractivity contribution < 1.29 is 9.53 Å². The maximum atomic E-state index is 12.2. The number of carbonyl (C=O) groups excluding carboxylic acids is 1. The van der Waals surface area contributed by atoms with Crippen LogP contribution >= 0.6 is 0 Å². The Hall–Kier alpha value is -1.51. The minimum absolute atomic E-state index is 0.109. The highest BCUT2D eigenvalue weighted by molar-refractivity contribution is 5.90. The van der Waals surface area contributed by atoms with E-state index in [2.05, 4.69) is 26.1 Å². The molecule has 0 aliphatic carbocycles. The van der Waals surface area contributed by atoms with Gasteiger partial charge in [0.2, 0.25) is 5.91 Å². The van der Waals surface area contributed by atoms with Crippen molar-refractivity contribution in [3.05, 3.63) is 24.3 Å². The second kappa shape index (κ2) is 22.9. The van der Waals surface area contributed by atoms with Crippen LogP contribution in [0.3, 0.4) is 0 Å². The minimum Gasteiger partial charge on any atom is -0.493 e. The lowest BCUT2D eigenvalue weighted by Crippen LogP contribution is -2.11. The number of amides is 1. The monoisotopic (exact) mass is 487 g/mol. The standard InChI is InChI=1S/C32H57NO2/c1-4-5-6-7-8-9-10-11-12-13-14-15-16-17-18-19-20-21-22-26-32(34)33-30-24-23-25-31(27-30)35-28-29(2)3/h23-25,27,29H,4-22,26,28H2,1-3H3,(H,33,34). The Morgan fingerprint density at radius 3 is 1.63 bits per heavy atom. The molecular weight excluding hydrogens is 430 g/mol. The largest absolute Gasteiger partial charge is 0.493 e. The van der Waals surface area contributed by atoms with E-state index in [0.29, 0.717) is 18.9 Å². The average molecular weight is 488 g/mol. The molecule has 0 aromatic heterocycles. The number of ether oxygens (including phenoxy) is 1. The molecule has 0 unspecified atom stereocenters. The van der Waals surface area contributed by atoms with E-state index in [1.807, 2.05) is 24.3 Å². The Bertz CT molecular complexity index is 613. The second-order valence-electron chi connectivity index (χ2n) is 10.9. The van der Waals surface area contributed by atoms with E-state index >= 15 is 0 Å². The Labute approximate surface area is 218 Å². The number of anilines is 1. The molecule has 1 aromatic rings. The zero-order chi connectivity index (χ0) is 25.4. The predicted molar refractivity (Wildman–Crippen MR) is 153 cm³/mol. The normalized spacial score (nSPS) is 11.2. The highest BCUT2D eigenvalue weighted by atomic mass is 16.5. The molecule has 0 bridgehead atoms. The fraction of sp³-hybridized carbons (Fsp3) is 0.781. The predicted octanol–water partition coefficient (Wildman–Crippen LogP) is 10.5. The van der Waals surface area contributed by atoms with E-state index in [-0.39, 0.29) is 5.91 Å². The van der Waals surface area contributed by atoms with Gasteiger partial charge in [0.15, 0.2) is 0 Å². The van der Waals surface area contributed by atoms with Gasteiger partial charge in [-0.2, -0.15) is 0 Å². The van der Waals surface area contributed by atoms with Crippen molar-refractivity contribution >= 4 is 11.6 Å². The van der Waals surface area contributed by atoms with Gasteiger partial charge in [-0.1, -0.05) is 142 Å². The van der Waals surface area contributed by atoms with Crippen LogP contribution < -0.4 is 10.1 Å². The van der Waals surface area contributed by atoms with Crippen LogP contribution in [0.2, 0.25) is 0 Å². The summed E-state index contributed by atoms with van der Waals surface area (Å²) in [5.74, 6) is 1.42. The summed E-state index contributed by atoms with van der Waals surface area (Å²) in [7, 11) is 0. The van der Waals surface area contributed by atoms with Gasteiger partial charge in [0.1, 0.15) is 5.75 Å². The lowest BCUT2D eigenvalue weighted by molar-refractivity contribution is -0.116. The second-order valence-corrected chi connectivity index (χ2v) is 10.9. The molecular formula is C32H57NO2. The van der Waals surface area contributed by atoms with Crippen molar-refractivity contribution in [3.63, 3.8) is 0 Å². The molecule has 0 aliphatic heterocycles. The molecule has 0 heterocycles. The van der Waals surface area contributed by atoms with Crippen molar-refractivity contribution in [1.29, 1.82) is 0 Å². The Balaban J connectivity index is 1.85. The van der Waals surface area contributed by atoms with Crippen LogP contribution in [0.5, 0.6) is 5.75 Å². The number of unbranched alkanes of at least 4 members (excludes halogenated alkanes) is 18. The van der Waals surface area contributed by atoms with Crippen molar-refractivity contribution in [2.45, 2.75) is 149 Å². The van der Waals surface area contributed by atoms with Crippen molar-refractivity contribution in [2.24, 2.45) is 5.92 Å². The highest BCUT2D eigenvalue weighted by Gasteiger charge is 2.04. The number of hydrogen-bond donors (Lipinski definition) is 1. The summed E-state index contributed by atoms with van der Waals surface area (Å²) in [6, 6.07) is 7.71. The summed E-state index contributed by atoms with van der Waals surface area (Å²) in [4.78, 5) is 12.2. The molecule has 0 aliphatic rings. The molecule has 0 atom stereocenters. The first-order valence-corrected chi connectivity index (χ1v) is 15.1. The van der Waals surface area contributed by atoms with Gasteiger partial charge in [0, 0.05) is 18.2 Å². The van der Waals surface area contributed by atoms with Gasteiger partial charge in [0.25, 0.3) is 0 Å². The number of rotatable bonds is 24. The first-order valence-electron chi connectivity index (χ1n) is 15.1. The maximum Gasteiger partial charge on any atom is 0.224 e. The Kier molecular flexibility index (Phi) is 20.6. The first kappa shape index (κ1) is 31.5. The molecule has 0 radical (unpaired) electrons. The summed E-state index contributed by atoms with van der Waals surface area (Å²) in [6.45, 7) is 7.24. The number of carbonyl (C=O) groups is 1. The summed E-state index contributed by atoms with van der Waals surface area (Å²) >= 11 is 0. The lowest BCUT2D eigenvalue weighted by atomic mass is 10.0. The van der Waals surface area contributed by atoms with Gasteiger partial charge in [-0.15, -0.1) is 0 Å². The SMILES string of the molecule is CCCCCCCCCCCCCCCCCCCCCC(=O)Nc1cccc(OCC(C)C)c1. The highest BCUT2D eigenvalue weighted by Crippen LogP contribution is 2.19. The molecule has 1 N–H and O–H groups in total. The molecule has 0 saturated heterocycles. The molecule has 202 valence electrons. The molecule has 35 heavy (non-hydrogen) atoms. The van der Waals surface area contributed by atoms with Crippen LogP contribution in [0, 0.1) is 5.92 Å². The van der Waals surface area contributed by atoms with Crippen LogP contribution in [-0.4, -0.2) is 12.5 Å². The fourth-order valence-electron chi connectivity index (χ4n) is 4.51. The topological polar surface area (TPSA) is 38.3 Å². The number of hydrogen-bond acceptors (Lipinski definition) is 2. The van der Waals surface area contributed by atoms with E-state index in [9.17, 15) is 4.79 Å². The summed E-state index contributed by atoms with van der Waals surface area (Å²) < 4.78 is 5.74. The smallest absolute Gasteiger partial charge is 0.224 e. The van der Waals surface area contributed by atoms with Crippen LogP contribution in [0.15, 0.2) is 24.3 Å². The van der Waals surface area contributed by atoms with E-state index in [1.54, 1.807) is 0 Å². The third-order valence-corrected chi connectivity index (χ3v) is 6.71. The Morgan fingerprint density at radius 2 is 1.17 bits per heavy atom. The van der Waals surface area contributed by atoms with Crippen molar-refractivity contribution in [2.75, 3.05) is 11.9 Å². The summed E-state index contributed by atoms with van der Waals surface area (Å²) in [5.41, 5.74) is 0.828. The van der Waals surface area contributed by atoms with E-state index in [0.717, 1.165) is 24.3 Å². The summed E-state index contributed by atoms with van der Waals surface area (Å²) in [5, 5.41) is 3.01. The van der Waals surface area contributed by atoms with Gasteiger partial charge in [-0.05, 0) is 24.5 Å². The minimum atomic E-state index is 0.109. The van der Waals surface area contributed by atoms with Gasteiger partial charge >= 0.3 is 0 Å². The molecule has 1 rings (SSSR count). The third kappa shape index (κ3) is 20.4. The van der Waals surface area contributed by atoms with Gasteiger partial charge in [-0.3, -0.25) is 4.79 Å². The molecule has 3 nitrogen and oxygen atoms in total. The van der Waals surface area contributed by atoms with Crippen LogP contribution in [0.4, 0.5) is 5.69 Å². The first-order chi connectivity index (χ1) is 17.1. The Morgan fingerprint density at radius 1 is 0.714 bits per heavy atom. The van der Waals surface area contributed by atoms with Crippen molar-refractivity contribution in [1.82, 2.24) is 0 Å². The molecule has 0 saturated carbocycles. The lowest BCUT2D eigenvalue weighted by Gasteiger charge is -2.10. The van der Waals surface area contributed by atoms with Crippen LogP contribution in [-0.2, 0) is 4.79 Å². The van der Waals surface area contributed by atoms with Gasteiger partial charge < -0.3 is 10.1 Å². The van der Waals surface area contributed by atoms with E-state index in [1.165, 1.54) is 109 Å². The molecule has 1 aromatic carbocycles. The molecule has 3 heteroatoms. The zero-order valence-electron chi connectivity index (χ0n) is 23.6. The van der Waals surface area contributed by atoms with Crippen molar-refractivity contribution in [3.8, 4) is 5.75 Å². The third-order valence-electron chi connectivity index (χ3n) is 6.71. The van der Waals surface area contributed by atoms with E-state index < -0.39 is 0 Å². The summed E-state index contributed by atoms with van der Waals surface area (Å²) in [6.07, 6.45) is 26.7. The number of nitrogens with one attached hydrogen (secondary N) is 1. The number of benzene rings is 1. The molecule has 0 spiro atoms. The average Bonchev–Trinajstić information content (AvgIpc) is 2.84. The van der Waals surface area contributed by atoms with E-state index in [4.69, 9.17) is 4.74 Å². The molecule has 1 amide bonds. The van der Waals surface area contributed by atoms with Gasteiger partial charge in [-0.25, -0.2) is 0 Å². The maximum absolute atomic E-state index is 12.2. The zero-order valence-corrected chi connectivity index (χ0v) is 23.6. The van der Waals surface area contributed by atoms with Crippen LogP contribution in [0.1, 0.15) is 149 Å². The van der Waals surface area contributed by atoms with Gasteiger partial charge in [0.05, 0.1) is 6.61 Å².